The van der Waals surface area contributed by atoms with Gasteiger partial charge in [-0.3, -0.25) is 4.79 Å². The van der Waals surface area contributed by atoms with Gasteiger partial charge in [-0.25, -0.2) is 0 Å². The zero-order valence-electron chi connectivity index (χ0n) is 11.2. The molecule has 1 aromatic rings. The summed E-state index contributed by atoms with van der Waals surface area (Å²) >= 11 is 0. The summed E-state index contributed by atoms with van der Waals surface area (Å²) in [6, 6.07) is 5.94. The van der Waals surface area contributed by atoms with E-state index in [1.807, 2.05) is 46.0 Å². The van der Waals surface area contributed by atoms with Gasteiger partial charge in [0.2, 0.25) is 0 Å². The Bertz CT molecular complexity index is 399. The molecule has 2 N–H and O–H groups in total. The van der Waals surface area contributed by atoms with Crippen molar-refractivity contribution < 1.29 is 4.79 Å². The quantitative estimate of drug-likeness (QED) is 0.867. The van der Waals surface area contributed by atoms with E-state index in [1.165, 1.54) is 5.56 Å². The molecule has 3 nitrogen and oxygen atoms in total. The Balaban J connectivity index is 2.71. The maximum atomic E-state index is 12.1. The van der Waals surface area contributed by atoms with Gasteiger partial charge in [0, 0.05) is 25.2 Å². The number of carbonyl (C=O) groups excluding carboxylic acids is 1. The highest BCUT2D eigenvalue weighted by molar-refractivity contribution is 5.94. The van der Waals surface area contributed by atoms with Gasteiger partial charge in [0.05, 0.1) is 0 Å². The van der Waals surface area contributed by atoms with Gasteiger partial charge in [0.25, 0.3) is 5.91 Å². The zero-order chi connectivity index (χ0) is 13.0. The van der Waals surface area contributed by atoms with Crippen LogP contribution >= 0.6 is 0 Å². The Kier molecular flexibility index (Phi) is 4.70. The molecular weight excluding hydrogens is 212 g/mol. The van der Waals surface area contributed by atoms with Crippen LogP contribution in [0.25, 0.3) is 0 Å². The first-order chi connectivity index (χ1) is 7.91. The van der Waals surface area contributed by atoms with Crippen molar-refractivity contribution in [1.82, 2.24) is 4.90 Å². The number of aryl methyl sites for hydroxylation is 2. The molecule has 0 bridgehead atoms. The Labute approximate surface area is 104 Å². The van der Waals surface area contributed by atoms with Crippen molar-refractivity contribution in [3.05, 3.63) is 34.9 Å². The molecule has 0 heterocycles. The van der Waals surface area contributed by atoms with Crippen LogP contribution < -0.4 is 5.73 Å². The second-order valence-electron chi connectivity index (χ2n) is 4.79. The molecule has 0 saturated heterocycles. The van der Waals surface area contributed by atoms with E-state index in [-0.39, 0.29) is 11.9 Å². The van der Waals surface area contributed by atoms with Crippen molar-refractivity contribution in [2.75, 3.05) is 13.6 Å². The van der Waals surface area contributed by atoms with E-state index >= 15 is 0 Å². The molecule has 94 valence electrons. The van der Waals surface area contributed by atoms with E-state index in [4.69, 9.17) is 5.73 Å². The van der Waals surface area contributed by atoms with E-state index in [9.17, 15) is 4.79 Å². The minimum Gasteiger partial charge on any atom is -0.342 e. The van der Waals surface area contributed by atoms with Crippen molar-refractivity contribution in [2.45, 2.75) is 33.2 Å². The van der Waals surface area contributed by atoms with E-state index in [2.05, 4.69) is 0 Å². The largest absolute Gasteiger partial charge is 0.342 e. The summed E-state index contributed by atoms with van der Waals surface area (Å²) in [5, 5.41) is 0. The standard InChI is InChI=1S/C14H22N2O/c1-10-5-6-13(9-11(10)2)14(17)16(4)8-7-12(3)15/h5-6,9,12H,7-8,15H2,1-4H3. The molecule has 0 aliphatic rings. The van der Waals surface area contributed by atoms with Crippen LogP contribution in [-0.2, 0) is 0 Å². The molecule has 0 fully saturated rings. The van der Waals surface area contributed by atoms with E-state index in [1.54, 1.807) is 4.90 Å². The summed E-state index contributed by atoms with van der Waals surface area (Å²) in [4.78, 5) is 13.8. The Morgan fingerprint density at radius 1 is 1.35 bits per heavy atom. The molecule has 1 rings (SSSR count). The van der Waals surface area contributed by atoms with Crippen LogP contribution in [0, 0.1) is 13.8 Å². The fourth-order valence-corrected chi connectivity index (χ4v) is 1.59. The maximum absolute atomic E-state index is 12.1. The monoisotopic (exact) mass is 234 g/mol. The highest BCUT2D eigenvalue weighted by atomic mass is 16.2. The fourth-order valence-electron chi connectivity index (χ4n) is 1.59. The third kappa shape index (κ3) is 3.86. The summed E-state index contributed by atoms with van der Waals surface area (Å²) in [6.07, 6.45) is 0.826. The lowest BCUT2D eigenvalue weighted by atomic mass is 10.1. The number of hydrogen-bond donors (Lipinski definition) is 1. The third-order valence-electron chi connectivity index (χ3n) is 3.02. The average molecular weight is 234 g/mol. The van der Waals surface area contributed by atoms with Gasteiger partial charge in [-0.1, -0.05) is 6.07 Å². The number of amides is 1. The number of benzene rings is 1. The zero-order valence-corrected chi connectivity index (χ0v) is 11.2. The van der Waals surface area contributed by atoms with Crippen LogP contribution in [0.4, 0.5) is 0 Å². The third-order valence-corrected chi connectivity index (χ3v) is 3.02. The van der Waals surface area contributed by atoms with Crippen LogP contribution in [0.1, 0.15) is 34.8 Å². The first-order valence-electron chi connectivity index (χ1n) is 6.00. The molecule has 0 radical (unpaired) electrons. The van der Waals surface area contributed by atoms with Crippen molar-refractivity contribution in [3.8, 4) is 0 Å². The highest BCUT2D eigenvalue weighted by Crippen LogP contribution is 2.11. The molecule has 0 aromatic heterocycles. The SMILES string of the molecule is Cc1ccc(C(=O)N(C)CCC(C)N)cc1C. The number of nitrogens with zero attached hydrogens (tertiary/aromatic N) is 1. The van der Waals surface area contributed by atoms with Gasteiger partial charge in [-0.05, 0) is 50.5 Å². The van der Waals surface area contributed by atoms with Crippen LogP contribution in [-0.4, -0.2) is 30.4 Å². The first-order valence-corrected chi connectivity index (χ1v) is 6.00. The molecule has 1 aromatic carbocycles. The lowest BCUT2D eigenvalue weighted by Crippen LogP contribution is -2.31. The van der Waals surface area contributed by atoms with Gasteiger partial charge in [0.15, 0.2) is 0 Å². The normalized spacial score (nSPS) is 12.3. The number of carbonyl (C=O) groups is 1. The average Bonchev–Trinajstić information content (AvgIpc) is 2.28. The minimum atomic E-state index is 0.0637. The Hall–Kier alpha value is -1.35. The summed E-state index contributed by atoms with van der Waals surface area (Å²) in [5.74, 6) is 0.0637. The summed E-state index contributed by atoms with van der Waals surface area (Å²) in [5.41, 5.74) is 8.79. The first kappa shape index (κ1) is 13.7. The lowest BCUT2D eigenvalue weighted by Gasteiger charge is -2.18. The lowest BCUT2D eigenvalue weighted by molar-refractivity contribution is 0.0792. The Morgan fingerprint density at radius 3 is 2.53 bits per heavy atom. The molecule has 1 amide bonds. The predicted octanol–water partition coefficient (Wildman–Crippen LogP) is 2.11. The molecule has 0 aliphatic heterocycles. The summed E-state index contributed by atoms with van der Waals surface area (Å²) in [6.45, 7) is 6.72. The predicted molar refractivity (Wildman–Crippen MR) is 71.1 cm³/mol. The van der Waals surface area contributed by atoms with Crippen LogP contribution in [0.15, 0.2) is 18.2 Å². The van der Waals surface area contributed by atoms with Crippen LogP contribution in [0.3, 0.4) is 0 Å². The molecule has 0 aliphatic carbocycles. The molecule has 17 heavy (non-hydrogen) atoms. The van der Waals surface area contributed by atoms with E-state index < -0.39 is 0 Å². The molecule has 0 spiro atoms. The minimum absolute atomic E-state index is 0.0637. The van der Waals surface area contributed by atoms with E-state index in [0.29, 0.717) is 6.54 Å². The van der Waals surface area contributed by atoms with Gasteiger partial charge >= 0.3 is 0 Å². The number of nitrogens with two attached hydrogens (primary N) is 1. The van der Waals surface area contributed by atoms with Crippen LogP contribution in [0.5, 0.6) is 0 Å². The number of rotatable bonds is 4. The second-order valence-corrected chi connectivity index (χ2v) is 4.79. The number of hydrogen-bond acceptors (Lipinski definition) is 2. The molecule has 0 saturated carbocycles. The van der Waals surface area contributed by atoms with Gasteiger partial charge in [0.1, 0.15) is 0 Å². The molecule has 3 heteroatoms. The van der Waals surface area contributed by atoms with Crippen molar-refractivity contribution in [1.29, 1.82) is 0 Å². The maximum Gasteiger partial charge on any atom is 0.253 e. The molecule has 1 unspecified atom stereocenters. The second kappa shape index (κ2) is 5.82. The topological polar surface area (TPSA) is 46.3 Å². The molecule has 1 atom stereocenters. The highest BCUT2D eigenvalue weighted by Gasteiger charge is 2.12. The smallest absolute Gasteiger partial charge is 0.253 e. The van der Waals surface area contributed by atoms with Gasteiger partial charge in [-0.15, -0.1) is 0 Å². The van der Waals surface area contributed by atoms with Crippen molar-refractivity contribution in [2.24, 2.45) is 5.73 Å². The van der Waals surface area contributed by atoms with Gasteiger partial charge in [-0.2, -0.15) is 0 Å². The van der Waals surface area contributed by atoms with Crippen molar-refractivity contribution >= 4 is 5.91 Å². The van der Waals surface area contributed by atoms with E-state index in [0.717, 1.165) is 17.5 Å². The van der Waals surface area contributed by atoms with Crippen LogP contribution in [0.2, 0.25) is 0 Å². The van der Waals surface area contributed by atoms with Crippen molar-refractivity contribution in [3.63, 3.8) is 0 Å². The van der Waals surface area contributed by atoms with Gasteiger partial charge < -0.3 is 10.6 Å². The summed E-state index contributed by atoms with van der Waals surface area (Å²) < 4.78 is 0. The summed E-state index contributed by atoms with van der Waals surface area (Å²) in [7, 11) is 1.82. The molecular formula is C14H22N2O. The fraction of sp³-hybridized carbons (Fsp3) is 0.500. The Morgan fingerprint density at radius 2 is 2.00 bits per heavy atom.